The molecule has 2 N–H and O–H groups in total. The second-order valence-electron chi connectivity index (χ2n) is 7.71. The summed E-state index contributed by atoms with van der Waals surface area (Å²) < 4.78 is 32.5. The van der Waals surface area contributed by atoms with Crippen LogP contribution < -0.4 is 0 Å². The number of ether oxygens (including phenoxy) is 1. The predicted molar refractivity (Wildman–Crippen MR) is 96.6 cm³/mol. The number of rotatable bonds is 2. The van der Waals surface area contributed by atoms with Crippen molar-refractivity contribution in [2.45, 2.75) is 50.9 Å². The Labute approximate surface area is 161 Å². The number of H-pyrrole nitrogens is 1. The van der Waals surface area contributed by atoms with Crippen molar-refractivity contribution in [1.29, 1.82) is 0 Å². The second kappa shape index (κ2) is 6.93. The molecule has 4 rings (SSSR count). The van der Waals surface area contributed by atoms with Crippen molar-refractivity contribution >= 4 is 5.91 Å². The summed E-state index contributed by atoms with van der Waals surface area (Å²) >= 11 is 0. The highest BCUT2D eigenvalue weighted by molar-refractivity contribution is 5.94. The van der Waals surface area contributed by atoms with E-state index in [1.165, 1.54) is 6.07 Å². The van der Waals surface area contributed by atoms with Gasteiger partial charge in [0, 0.05) is 25.1 Å². The Hall–Kier alpha value is -2.32. The average Bonchev–Trinajstić information content (AvgIpc) is 3.08. The zero-order chi connectivity index (χ0) is 20.1. The molecule has 2 aromatic rings. The zero-order valence-corrected chi connectivity index (χ0v) is 15.8. The molecular weight excluding hydrogens is 368 g/mol. The zero-order valence-electron chi connectivity index (χ0n) is 15.8. The van der Waals surface area contributed by atoms with E-state index in [1.54, 1.807) is 4.90 Å². The minimum Gasteiger partial charge on any atom is -0.385 e. The van der Waals surface area contributed by atoms with Gasteiger partial charge in [0.15, 0.2) is 17.3 Å². The van der Waals surface area contributed by atoms with Crippen LogP contribution in [0.1, 0.15) is 60.1 Å². The second-order valence-corrected chi connectivity index (χ2v) is 7.71. The van der Waals surface area contributed by atoms with Crippen LogP contribution in [-0.2, 0) is 16.8 Å². The molecule has 0 radical (unpaired) electrons. The molecule has 1 aromatic carbocycles. The molecule has 0 spiro atoms. The van der Waals surface area contributed by atoms with Gasteiger partial charge in [0.2, 0.25) is 0 Å². The number of piperidine rings is 1. The molecule has 0 bridgehead atoms. The van der Waals surface area contributed by atoms with Gasteiger partial charge in [-0.25, -0.2) is 8.78 Å². The summed E-state index contributed by atoms with van der Waals surface area (Å²) in [5.41, 5.74) is 1.16. The van der Waals surface area contributed by atoms with Gasteiger partial charge in [0.05, 0.1) is 23.5 Å². The van der Waals surface area contributed by atoms with Crippen molar-refractivity contribution in [2.24, 2.45) is 0 Å². The number of aliphatic hydroxyl groups is 1. The predicted octanol–water partition coefficient (Wildman–Crippen LogP) is 2.83. The van der Waals surface area contributed by atoms with E-state index in [0.717, 1.165) is 23.4 Å². The summed E-state index contributed by atoms with van der Waals surface area (Å²) in [5.74, 6) is -2.13. The topological polar surface area (TPSA) is 78.5 Å². The van der Waals surface area contributed by atoms with Gasteiger partial charge in [-0.2, -0.15) is 5.10 Å². The number of halogens is 2. The third kappa shape index (κ3) is 3.20. The van der Waals surface area contributed by atoms with Crippen LogP contribution in [0.15, 0.2) is 18.2 Å². The maximum Gasteiger partial charge on any atom is 0.274 e. The van der Waals surface area contributed by atoms with Crippen molar-refractivity contribution < 1.29 is 23.4 Å². The summed E-state index contributed by atoms with van der Waals surface area (Å²) in [6.45, 7) is 4.49. The van der Waals surface area contributed by atoms with Crippen LogP contribution in [0.5, 0.6) is 0 Å². The highest BCUT2D eigenvalue weighted by atomic mass is 19.2. The number of carbonyl (C=O) groups excluding carboxylic acids is 1. The fourth-order valence-electron chi connectivity index (χ4n) is 4.15. The molecule has 0 aliphatic carbocycles. The van der Waals surface area contributed by atoms with Gasteiger partial charge < -0.3 is 14.7 Å². The number of aromatic amines is 1. The summed E-state index contributed by atoms with van der Waals surface area (Å²) in [6, 6.07) is 3.43. The fraction of sp³-hybridized carbons (Fsp3) is 0.500. The molecule has 2 aliphatic rings. The molecule has 150 valence electrons. The Balaban J connectivity index is 1.50. The van der Waals surface area contributed by atoms with Crippen LogP contribution in [0.3, 0.4) is 0 Å². The lowest BCUT2D eigenvalue weighted by Crippen LogP contribution is -2.45. The SMILES string of the molecule is C[C@@H]1Cc2c(C(=O)N3CCC(O)(c4ccc(F)c(F)c4)CC3)n[nH]c2[C@H](C)O1. The van der Waals surface area contributed by atoms with E-state index in [4.69, 9.17) is 4.74 Å². The Morgan fingerprint density at radius 2 is 2.00 bits per heavy atom. The smallest absolute Gasteiger partial charge is 0.274 e. The Kier molecular flexibility index (Phi) is 4.71. The van der Waals surface area contributed by atoms with Gasteiger partial charge in [0.25, 0.3) is 5.91 Å². The number of likely N-dealkylation sites (tertiary alicyclic amines) is 1. The van der Waals surface area contributed by atoms with E-state index in [1.807, 2.05) is 13.8 Å². The highest BCUT2D eigenvalue weighted by Gasteiger charge is 2.38. The van der Waals surface area contributed by atoms with Gasteiger partial charge in [0.1, 0.15) is 0 Å². The van der Waals surface area contributed by atoms with Crippen LogP contribution in [0.25, 0.3) is 0 Å². The molecule has 0 unspecified atom stereocenters. The number of carbonyl (C=O) groups is 1. The summed E-state index contributed by atoms with van der Waals surface area (Å²) in [5, 5.41) is 18.0. The van der Waals surface area contributed by atoms with Crippen molar-refractivity contribution in [1.82, 2.24) is 15.1 Å². The first-order valence-electron chi connectivity index (χ1n) is 9.48. The largest absolute Gasteiger partial charge is 0.385 e. The Morgan fingerprint density at radius 3 is 2.68 bits per heavy atom. The third-order valence-electron chi connectivity index (χ3n) is 5.77. The van der Waals surface area contributed by atoms with Gasteiger partial charge >= 0.3 is 0 Å². The van der Waals surface area contributed by atoms with Gasteiger partial charge in [-0.3, -0.25) is 9.89 Å². The maximum absolute atomic E-state index is 13.5. The van der Waals surface area contributed by atoms with E-state index in [0.29, 0.717) is 30.8 Å². The lowest BCUT2D eigenvalue weighted by Gasteiger charge is -2.38. The molecule has 1 amide bonds. The standard InChI is InChI=1S/C20H23F2N3O3/c1-11-9-14-17(12(2)28-11)23-24-18(14)19(26)25-7-5-20(27,6-8-25)13-3-4-15(21)16(22)10-13/h3-4,10-12,27H,5-9H2,1-2H3,(H,23,24)/t11-,12+/m1/s1. The van der Waals surface area contributed by atoms with Gasteiger partial charge in [-0.15, -0.1) is 0 Å². The van der Waals surface area contributed by atoms with E-state index in [2.05, 4.69) is 10.2 Å². The molecule has 1 fully saturated rings. The first kappa shape index (κ1) is 19.0. The van der Waals surface area contributed by atoms with Crippen molar-refractivity contribution in [2.75, 3.05) is 13.1 Å². The minimum atomic E-state index is -1.28. The van der Waals surface area contributed by atoms with Crippen LogP contribution in [0.4, 0.5) is 8.78 Å². The quantitative estimate of drug-likeness (QED) is 0.825. The molecule has 3 heterocycles. The maximum atomic E-state index is 13.5. The average molecular weight is 391 g/mol. The molecule has 8 heteroatoms. The number of fused-ring (bicyclic) bond motifs is 1. The molecule has 1 aromatic heterocycles. The number of nitrogens with zero attached hydrogens (tertiary/aromatic N) is 2. The van der Waals surface area contributed by atoms with E-state index >= 15 is 0 Å². The number of amides is 1. The highest BCUT2D eigenvalue weighted by Crippen LogP contribution is 2.35. The fourth-order valence-corrected chi connectivity index (χ4v) is 4.15. The molecular formula is C20H23F2N3O3. The third-order valence-corrected chi connectivity index (χ3v) is 5.77. The van der Waals surface area contributed by atoms with Crippen LogP contribution >= 0.6 is 0 Å². The lowest BCUT2D eigenvalue weighted by molar-refractivity contribution is -0.0216. The minimum absolute atomic E-state index is 0.00599. The first-order valence-corrected chi connectivity index (χ1v) is 9.48. The summed E-state index contributed by atoms with van der Waals surface area (Å²) in [6.07, 6.45) is 0.960. The molecule has 2 aliphatic heterocycles. The van der Waals surface area contributed by atoms with E-state index < -0.39 is 17.2 Å². The number of benzene rings is 1. The van der Waals surface area contributed by atoms with Gasteiger partial charge in [-0.1, -0.05) is 6.07 Å². The monoisotopic (exact) mass is 391 g/mol. The van der Waals surface area contributed by atoms with E-state index in [9.17, 15) is 18.7 Å². The van der Waals surface area contributed by atoms with Crippen LogP contribution in [-0.4, -0.2) is 45.3 Å². The Morgan fingerprint density at radius 1 is 1.29 bits per heavy atom. The van der Waals surface area contributed by atoms with Crippen molar-refractivity contribution in [3.63, 3.8) is 0 Å². The van der Waals surface area contributed by atoms with Gasteiger partial charge in [-0.05, 0) is 44.4 Å². The lowest BCUT2D eigenvalue weighted by atomic mass is 9.84. The number of hydrogen-bond acceptors (Lipinski definition) is 4. The first-order chi connectivity index (χ1) is 13.3. The van der Waals surface area contributed by atoms with Crippen LogP contribution in [0.2, 0.25) is 0 Å². The summed E-state index contributed by atoms with van der Waals surface area (Å²) in [7, 11) is 0. The molecule has 2 atom stereocenters. The molecule has 1 saturated heterocycles. The number of hydrogen-bond donors (Lipinski definition) is 2. The Bertz CT molecular complexity index is 906. The molecule has 6 nitrogen and oxygen atoms in total. The number of aromatic nitrogens is 2. The van der Waals surface area contributed by atoms with Crippen molar-refractivity contribution in [3.8, 4) is 0 Å². The van der Waals surface area contributed by atoms with Crippen molar-refractivity contribution in [3.05, 3.63) is 52.3 Å². The summed E-state index contributed by atoms with van der Waals surface area (Å²) in [4.78, 5) is 14.7. The normalized spacial score (nSPS) is 24.1. The van der Waals surface area contributed by atoms with E-state index in [-0.39, 0.29) is 31.0 Å². The molecule has 28 heavy (non-hydrogen) atoms. The molecule has 0 saturated carbocycles. The number of nitrogens with one attached hydrogen (secondary N) is 1. The van der Waals surface area contributed by atoms with Crippen LogP contribution in [0, 0.1) is 11.6 Å².